The summed E-state index contributed by atoms with van der Waals surface area (Å²) in [5.74, 6) is -0.497. The van der Waals surface area contributed by atoms with Crippen LogP contribution in [0.1, 0.15) is 12.8 Å². The Kier molecular flexibility index (Phi) is 6.99. The number of hydrogen-bond acceptors (Lipinski definition) is 7. The summed E-state index contributed by atoms with van der Waals surface area (Å²) in [5.41, 5.74) is -0.252. The largest absolute Gasteiger partial charge is 0.497 e. The van der Waals surface area contributed by atoms with Gasteiger partial charge in [-0.3, -0.25) is 19.2 Å². The van der Waals surface area contributed by atoms with Gasteiger partial charge in [-0.15, -0.1) is 0 Å². The molecule has 0 amide bonds. The minimum Gasteiger partial charge on any atom is -0.497 e. The molecule has 0 aliphatic rings. The molecule has 2 aromatic rings. The van der Waals surface area contributed by atoms with Gasteiger partial charge >= 0.3 is 5.97 Å². The molecule has 0 spiro atoms. The fourth-order valence-electron chi connectivity index (χ4n) is 2.62. The van der Waals surface area contributed by atoms with Gasteiger partial charge in [0.1, 0.15) is 11.5 Å². The number of rotatable bonds is 10. The molecule has 0 aliphatic carbocycles. The number of ether oxygens (including phenoxy) is 2. The molecule has 0 fully saturated rings. The van der Waals surface area contributed by atoms with Crippen LogP contribution in [0.2, 0.25) is 0 Å². The van der Waals surface area contributed by atoms with Gasteiger partial charge in [0.15, 0.2) is 0 Å². The highest BCUT2D eigenvalue weighted by Crippen LogP contribution is 2.36. The first-order chi connectivity index (χ1) is 13.7. The van der Waals surface area contributed by atoms with Gasteiger partial charge in [-0.25, -0.2) is 8.42 Å². The van der Waals surface area contributed by atoms with Gasteiger partial charge < -0.3 is 14.6 Å². The summed E-state index contributed by atoms with van der Waals surface area (Å²) in [6.45, 7) is -0.180. The lowest BCUT2D eigenvalue weighted by Crippen LogP contribution is -2.32. The van der Waals surface area contributed by atoms with Gasteiger partial charge in [-0.1, -0.05) is 6.07 Å². The zero-order valence-corrected chi connectivity index (χ0v) is 16.6. The van der Waals surface area contributed by atoms with Crippen LogP contribution >= 0.6 is 0 Å². The Morgan fingerprint density at radius 3 is 2.48 bits per heavy atom. The van der Waals surface area contributed by atoms with E-state index in [-0.39, 0.29) is 41.4 Å². The Balaban J connectivity index is 2.60. The van der Waals surface area contributed by atoms with Crippen molar-refractivity contribution in [3.05, 3.63) is 52.6 Å². The molecule has 1 N–H and O–H groups in total. The van der Waals surface area contributed by atoms with E-state index in [2.05, 4.69) is 0 Å². The number of carboxylic acid groups (broad SMARTS) is 1. The first-order valence-electron chi connectivity index (χ1n) is 8.41. The molecule has 29 heavy (non-hydrogen) atoms. The minimum absolute atomic E-state index is 0.0177. The summed E-state index contributed by atoms with van der Waals surface area (Å²) in [7, 11) is -1.49. The number of carboxylic acids is 1. The Hall–Kier alpha value is -3.34. The summed E-state index contributed by atoms with van der Waals surface area (Å²) >= 11 is 0. The SMILES string of the molecule is COc1ccc(OC)c(N(CCCC(=O)O)S(=O)(=O)c2cccc([N+](=O)[O-])c2)c1. The number of nitro groups is 1. The highest BCUT2D eigenvalue weighted by atomic mass is 32.2. The predicted octanol–water partition coefficient (Wildman–Crippen LogP) is 2.67. The maximum atomic E-state index is 13.3. The number of anilines is 1. The molecule has 0 aliphatic heterocycles. The van der Waals surface area contributed by atoms with Crippen LogP contribution in [0.15, 0.2) is 47.4 Å². The van der Waals surface area contributed by atoms with Crippen molar-refractivity contribution in [2.24, 2.45) is 0 Å². The molecular formula is C18H20N2O8S. The summed E-state index contributed by atoms with van der Waals surface area (Å²) < 4.78 is 38.0. The topological polar surface area (TPSA) is 136 Å². The number of hydrogen-bond donors (Lipinski definition) is 1. The van der Waals surface area contributed by atoms with Crippen LogP contribution in [0.3, 0.4) is 0 Å². The lowest BCUT2D eigenvalue weighted by Gasteiger charge is -2.26. The molecule has 2 aromatic carbocycles. The minimum atomic E-state index is -4.27. The normalized spacial score (nSPS) is 11.0. The smallest absolute Gasteiger partial charge is 0.303 e. The molecule has 0 aromatic heterocycles. The number of carbonyl (C=O) groups is 1. The molecule has 0 radical (unpaired) electrons. The van der Waals surface area contributed by atoms with E-state index in [1.165, 1.54) is 44.6 Å². The Bertz CT molecular complexity index is 1010. The van der Waals surface area contributed by atoms with E-state index >= 15 is 0 Å². The predicted molar refractivity (Wildman–Crippen MR) is 104 cm³/mol. The fourth-order valence-corrected chi connectivity index (χ4v) is 4.17. The number of benzene rings is 2. The highest BCUT2D eigenvalue weighted by Gasteiger charge is 2.29. The van der Waals surface area contributed by atoms with E-state index in [1.54, 1.807) is 6.07 Å². The molecule has 156 valence electrons. The van der Waals surface area contributed by atoms with E-state index < -0.39 is 20.9 Å². The second-order valence-corrected chi connectivity index (χ2v) is 7.73. The van der Waals surface area contributed by atoms with Crippen molar-refractivity contribution >= 4 is 27.4 Å². The number of sulfonamides is 1. The van der Waals surface area contributed by atoms with Crippen LogP contribution in [-0.4, -0.2) is 45.2 Å². The van der Waals surface area contributed by atoms with Crippen molar-refractivity contribution in [1.82, 2.24) is 0 Å². The second kappa shape index (κ2) is 9.24. The maximum Gasteiger partial charge on any atom is 0.303 e. The Labute approximate surface area is 167 Å². The van der Waals surface area contributed by atoms with Crippen LogP contribution in [0.5, 0.6) is 11.5 Å². The molecule has 11 heteroatoms. The molecule has 0 heterocycles. The number of nitrogens with zero attached hydrogens (tertiary/aromatic N) is 2. The van der Waals surface area contributed by atoms with Gasteiger partial charge in [0, 0.05) is 31.2 Å². The quantitative estimate of drug-likeness (QED) is 0.454. The van der Waals surface area contributed by atoms with Crippen molar-refractivity contribution in [3.8, 4) is 11.5 Å². The third-order valence-corrected chi connectivity index (χ3v) is 5.83. The van der Waals surface area contributed by atoms with Gasteiger partial charge in [-0.2, -0.15) is 0 Å². The molecule has 2 rings (SSSR count). The van der Waals surface area contributed by atoms with Crippen molar-refractivity contribution < 1.29 is 32.7 Å². The Morgan fingerprint density at radius 2 is 1.90 bits per heavy atom. The molecule has 0 saturated heterocycles. The van der Waals surface area contributed by atoms with Crippen LogP contribution in [0.25, 0.3) is 0 Å². The van der Waals surface area contributed by atoms with Crippen LogP contribution in [0, 0.1) is 10.1 Å². The average Bonchev–Trinajstić information content (AvgIpc) is 2.70. The van der Waals surface area contributed by atoms with Crippen LogP contribution in [-0.2, 0) is 14.8 Å². The van der Waals surface area contributed by atoms with E-state index in [4.69, 9.17) is 14.6 Å². The molecule has 10 nitrogen and oxygen atoms in total. The average molecular weight is 424 g/mol. The zero-order valence-electron chi connectivity index (χ0n) is 15.8. The summed E-state index contributed by atoms with van der Waals surface area (Å²) in [4.78, 5) is 20.9. The van der Waals surface area contributed by atoms with Crippen LogP contribution < -0.4 is 13.8 Å². The van der Waals surface area contributed by atoms with E-state index in [9.17, 15) is 23.3 Å². The van der Waals surface area contributed by atoms with Gasteiger partial charge in [0.25, 0.3) is 15.7 Å². The number of aliphatic carboxylic acids is 1. The lowest BCUT2D eigenvalue weighted by atomic mass is 10.2. The maximum absolute atomic E-state index is 13.3. The molecule has 0 atom stereocenters. The first kappa shape index (κ1) is 22.0. The van der Waals surface area contributed by atoms with Gasteiger partial charge in [0.2, 0.25) is 0 Å². The van der Waals surface area contributed by atoms with E-state index in [0.717, 1.165) is 10.4 Å². The van der Waals surface area contributed by atoms with E-state index in [0.29, 0.717) is 5.75 Å². The van der Waals surface area contributed by atoms with Crippen molar-refractivity contribution in [1.29, 1.82) is 0 Å². The van der Waals surface area contributed by atoms with Gasteiger partial charge in [-0.05, 0) is 24.6 Å². The first-order valence-corrected chi connectivity index (χ1v) is 9.85. The number of non-ortho nitro benzene ring substituents is 1. The third-order valence-electron chi connectivity index (χ3n) is 4.02. The molecule has 0 bridgehead atoms. The Morgan fingerprint density at radius 1 is 1.17 bits per heavy atom. The second-order valence-electron chi connectivity index (χ2n) is 5.87. The summed E-state index contributed by atoms with van der Waals surface area (Å²) in [6.07, 6.45) is -0.239. The summed E-state index contributed by atoms with van der Waals surface area (Å²) in [6, 6.07) is 9.17. The number of methoxy groups -OCH3 is 2. The summed E-state index contributed by atoms with van der Waals surface area (Å²) in [5, 5.41) is 20.0. The van der Waals surface area contributed by atoms with Gasteiger partial charge in [0.05, 0.1) is 29.7 Å². The molecule has 0 unspecified atom stereocenters. The third kappa shape index (κ3) is 5.13. The molecule has 0 saturated carbocycles. The molecular weight excluding hydrogens is 404 g/mol. The monoisotopic (exact) mass is 424 g/mol. The fraction of sp³-hybridized carbons (Fsp3) is 0.278. The lowest BCUT2D eigenvalue weighted by molar-refractivity contribution is -0.385. The van der Waals surface area contributed by atoms with Crippen molar-refractivity contribution in [2.75, 3.05) is 25.1 Å². The standard InChI is InChI=1S/C18H20N2O8S/c1-27-14-8-9-17(28-2)16(12-14)19(10-4-7-18(21)22)29(25,26)15-6-3-5-13(11-15)20(23)24/h3,5-6,8-9,11-12H,4,7,10H2,1-2H3,(H,21,22). The van der Waals surface area contributed by atoms with Crippen molar-refractivity contribution in [2.45, 2.75) is 17.7 Å². The van der Waals surface area contributed by atoms with Crippen LogP contribution in [0.4, 0.5) is 11.4 Å². The van der Waals surface area contributed by atoms with Crippen molar-refractivity contribution in [3.63, 3.8) is 0 Å². The zero-order chi connectivity index (χ0) is 21.6. The van der Waals surface area contributed by atoms with E-state index in [1.807, 2.05) is 0 Å². The number of nitro benzene ring substituents is 1. The highest BCUT2D eigenvalue weighted by molar-refractivity contribution is 7.92.